The van der Waals surface area contributed by atoms with Crippen LogP contribution in [0.2, 0.25) is 0 Å². The summed E-state index contributed by atoms with van der Waals surface area (Å²) in [5.74, 6) is 0. The van der Waals surface area contributed by atoms with E-state index in [0.717, 1.165) is 45.3 Å². The number of carbonyl (C=O) groups excluding carboxylic acids is 1. The second kappa shape index (κ2) is 7.84. The lowest BCUT2D eigenvalue weighted by Gasteiger charge is -2.37. The summed E-state index contributed by atoms with van der Waals surface area (Å²) in [6, 6.07) is 0.570. The molecule has 1 heterocycles. The van der Waals surface area contributed by atoms with E-state index in [2.05, 4.69) is 19.2 Å². The maximum Gasteiger partial charge on any atom is 0.319 e. The molecule has 5 heteroatoms. The van der Waals surface area contributed by atoms with Crippen molar-refractivity contribution in [2.24, 2.45) is 5.41 Å². The van der Waals surface area contributed by atoms with Crippen LogP contribution in [0.1, 0.15) is 39.5 Å². The predicted octanol–water partition coefficient (Wildman–Crippen LogP) is 1.52. The average molecular weight is 285 g/mol. The minimum absolute atomic E-state index is 0.0105. The van der Waals surface area contributed by atoms with Crippen LogP contribution in [0.4, 0.5) is 4.79 Å². The SMILES string of the molecule is CCC(CC)(CO)CNC1CCN(C(=O)N(C)C)CC1. The van der Waals surface area contributed by atoms with Crippen molar-refractivity contribution in [3.8, 4) is 0 Å². The molecular formula is C15H31N3O2. The molecular weight excluding hydrogens is 254 g/mol. The largest absolute Gasteiger partial charge is 0.396 e. The highest BCUT2D eigenvalue weighted by atomic mass is 16.3. The van der Waals surface area contributed by atoms with Gasteiger partial charge in [-0.25, -0.2) is 4.79 Å². The zero-order valence-electron chi connectivity index (χ0n) is 13.5. The predicted molar refractivity (Wildman–Crippen MR) is 81.8 cm³/mol. The van der Waals surface area contributed by atoms with Crippen molar-refractivity contribution in [3.05, 3.63) is 0 Å². The van der Waals surface area contributed by atoms with Gasteiger partial charge in [0.2, 0.25) is 0 Å². The van der Waals surface area contributed by atoms with Crippen molar-refractivity contribution in [1.29, 1.82) is 0 Å². The molecule has 0 aromatic carbocycles. The molecule has 1 saturated heterocycles. The summed E-state index contributed by atoms with van der Waals surface area (Å²) in [5.41, 5.74) is 0.0105. The molecule has 1 fully saturated rings. The molecule has 1 aliphatic heterocycles. The van der Waals surface area contributed by atoms with Crippen molar-refractivity contribution < 1.29 is 9.90 Å². The highest BCUT2D eigenvalue weighted by Crippen LogP contribution is 2.25. The molecule has 0 aromatic heterocycles. The van der Waals surface area contributed by atoms with E-state index in [9.17, 15) is 9.90 Å². The first-order valence-electron chi connectivity index (χ1n) is 7.78. The Morgan fingerprint density at radius 2 is 1.85 bits per heavy atom. The van der Waals surface area contributed by atoms with Crippen LogP contribution in [0.5, 0.6) is 0 Å². The third-order valence-corrected chi connectivity index (χ3v) is 4.75. The lowest BCUT2D eigenvalue weighted by Crippen LogP contribution is -2.50. The Labute approximate surface area is 123 Å². The number of nitrogens with zero attached hydrogens (tertiary/aromatic N) is 2. The zero-order valence-corrected chi connectivity index (χ0v) is 13.5. The summed E-state index contributed by atoms with van der Waals surface area (Å²) in [4.78, 5) is 15.4. The molecule has 2 N–H and O–H groups in total. The van der Waals surface area contributed by atoms with Gasteiger partial charge in [-0.15, -0.1) is 0 Å². The maximum absolute atomic E-state index is 11.9. The minimum Gasteiger partial charge on any atom is -0.396 e. The number of amides is 2. The van der Waals surface area contributed by atoms with Crippen molar-refractivity contribution in [2.75, 3.05) is 40.3 Å². The Kier molecular flexibility index (Phi) is 6.76. The van der Waals surface area contributed by atoms with Crippen LogP contribution >= 0.6 is 0 Å². The van der Waals surface area contributed by atoms with E-state index in [0.29, 0.717) is 6.04 Å². The number of rotatable bonds is 6. The number of piperidine rings is 1. The Morgan fingerprint density at radius 3 is 2.25 bits per heavy atom. The van der Waals surface area contributed by atoms with Gasteiger partial charge in [0.1, 0.15) is 0 Å². The van der Waals surface area contributed by atoms with Crippen molar-refractivity contribution in [3.63, 3.8) is 0 Å². The Morgan fingerprint density at radius 1 is 1.30 bits per heavy atom. The molecule has 0 unspecified atom stereocenters. The second-order valence-electron chi connectivity index (χ2n) is 6.18. The van der Waals surface area contributed by atoms with Gasteiger partial charge in [0.05, 0.1) is 0 Å². The van der Waals surface area contributed by atoms with Gasteiger partial charge in [0.25, 0.3) is 0 Å². The highest BCUT2D eigenvalue weighted by Gasteiger charge is 2.28. The molecule has 1 rings (SSSR count). The lowest BCUT2D eigenvalue weighted by molar-refractivity contribution is 0.103. The van der Waals surface area contributed by atoms with Gasteiger partial charge in [-0.2, -0.15) is 0 Å². The molecule has 2 amide bonds. The van der Waals surface area contributed by atoms with Crippen LogP contribution in [0.15, 0.2) is 0 Å². The lowest BCUT2D eigenvalue weighted by atomic mass is 9.83. The maximum atomic E-state index is 11.9. The first-order chi connectivity index (χ1) is 9.48. The van der Waals surface area contributed by atoms with E-state index in [1.54, 1.807) is 19.0 Å². The van der Waals surface area contributed by atoms with Crippen molar-refractivity contribution >= 4 is 6.03 Å². The fourth-order valence-corrected chi connectivity index (χ4v) is 2.70. The molecule has 1 aliphatic rings. The van der Waals surface area contributed by atoms with Gasteiger partial charge < -0.3 is 20.2 Å². The van der Waals surface area contributed by atoms with Gasteiger partial charge in [-0.05, 0) is 25.7 Å². The Balaban J connectivity index is 2.37. The number of carbonyl (C=O) groups is 1. The molecule has 0 aromatic rings. The fraction of sp³-hybridized carbons (Fsp3) is 0.933. The van der Waals surface area contributed by atoms with E-state index in [1.165, 1.54) is 0 Å². The summed E-state index contributed by atoms with van der Waals surface area (Å²) in [6.45, 7) is 7.02. The van der Waals surface area contributed by atoms with E-state index in [-0.39, 0.29) is 18.1 Å². The van der Waals surface area contributed by atoms with Crippen LogP contribution in [-0.2, 0) is 0 Å². The number of likely N-dealkylation sites (tertiary alicyclic amines) is 1. The molecule has 118 valence electrons. The standard InChI is InChI=1S/C15H31N3O2/c1-5-15(6-2,12-19)11-16-13-7-9-18(10-8-13)14(20)17(3)4/h13,16,19H,5-12H2,1-4H3. The summed E-state index contributed by atoms with van der Waals surface area (Å²) in [6.07, 6.45) is 3.97. The van der Waals surface area contributed by atoms with E-state index in [1.807, 2.05) is 4.90 Å². The topological polar surface area (TPSA) is 55.8 Å². The van der Waals surface area contributed by atoms with Crippen LogP contribution in [0.25, 0.3) is 0 Å². The highest BCUT2D eigenvalue weighted by molar-refractivity contribution is 5.73. The summed E-state index contributed by atoms with van der Waals surface area (Å²) in [7, 11) is 3.59. The quantitative estimate of drug-likeness (QED) is 0.778. The average Bonchev–Trinajstić information content (AvgIpc) is 2.49. The second-order valence-corrected chi connectivity index (χ2v) is 6.18. The monoisotopic (exact) mass is 285 g/mol. The molecule has 5 nitrogen and oxygen atoms in total. The number of urea groups is 1. The number of hydrogen-bond acceptors (Lipinski definition) is 3. The van der Waals surface area contributed by atoms with Crippen LogP contribution in [0, 0.1) is 5.41 Å². The molecule has 0 atom stereocenters. The summed E-state index contributed by atoms with van der Waals surface area (Å²) in [5, 5.41) is 13.2. The molecule has 20 heavy (non-hydrogen) atoms. The fourth-order valence-electron chi connectivity index (χ4n) is 2.70. The smallest absolute Gasteiger partial charge is 0.319 e. The van der Waals surface area contributed by atoms with Crippen molar-refractivity contribution in [1.82, 2.24) is 15.1 Å². The van der Waals surface area contributed by atoms with Crippen LogP contribution < -0.4 is 5.32 Å². The summed E-state index contributed by atoms with van der Waals surface area (Å²) < 4.78 is 0. The minimum atomic E-state index is 0.0105. The molecule has 0 bridgehead atoms. The van der Waals surface area contributed by atoms with Gasteiger partial charge in [-0.3, -0.25) is 0 Å². The first-order valence-corrected chi connectivity index (χ1v) is 7.78. The number of aliphatic hydroxyl groups excluding tert-OH is 1. The summed E-state index contributed by atoms with van der Waals surface area (Å²) >= 11 is 0. The van der Waals surface area contributed by atoms with Gasteiger partial charge in [-0.1, -0.05) is 13.8 Å². The van der Waals surface area contributed by atoms with Crippen LogP contribution in [0.3, 0.4) is 0 Å². The Hall–Kier alpha value is -0.810. The molecule has 0 aliphatic carbocycles. The normalized spacial score (nSPS) is 17.4. The van der Waals surface area contributed by atoms with E-state index < -0.39 is 0 Å². The molecule has 0 radical (unpaired) electrons. The van der Waals surface area contributed by atoms with Gasteiger partial charge in [0.15, 0.2) is 0 Å². The van der Waals surface area contributed by atoms with E-state index in [4.69, 9.17) is 0 Å². The number of nitrogens with one attached hydrogen (secondary N) is 1. The Bertz CT molecular complexity index is 287. The number of hydrogen-bond donors (Lipinski definition) is 2. The van der Waals surface area contributed by atoms with E-state index >= 15 is 0 Å². The molecule has 0 saturated carbocycles. The third-order valence-electron chi connectivity index (χ3n) is 4.75. The van der Waals surface area contributed by atoms with Gasteiger partial charge in [0, 0.05) is 51.8 Å². The first kappa shape index (κ1) is 17.2. The van der Waals surface area contributed by atoms with Crippen LogP contribution in [-0.4, -0.2) is 67.3 Å². The molecule has 0 spiro atoms. The number of aliphatic hydroxyl groups is 1. The van der Waals surface area contributed by atoms with Gasteiger partial charge >= 0.3 is 6.03 Å². The zero-order chi connectivity index (χ0) is 15.2. The third kappa shape index (κ3) is 4.35. The van der Waals surface area contributed by atoms with Crippen molar-refractivity contribution in [2.45, 2.75) is 45.6 Å².